The van der Waals surface area contributed by atoms with Crippen molar-refractivity contribution < 1.29 is 12.8 Å². The average molecular weight is 518 g/mol. The molecule has 3 rings (SSSR count). The number of rotatable bonds is 9. The van der Waals surface area contributed by atoms with Gasteiger partial charge in [0.15, 0.2) is 0 Å². The van der Waals surface area contributed by atoms with Crippen LogP contribution < -0.4 is 0 Å². The van der Waals surface area contributed by atoms with Crippen molar-refractivity contribution in [2.75, 3.05) is 32.4 Å². The molecule has 0 unspecified atom stereocenters. The van der Waals surface area contributed by atoms with Crippen LogP contribution in [0.25, 0.3) is 0 Å². The Labute approximate surface area is 196 Å². The molecule has 1 saturated carbocycles. The molecular weight excluding hydrogens is 479 g/mol. The monoisotopic (exact) mass is 516 g/mol. The summed E-state index contributed by atoms with van der Waals surface area (Å²) in [4.78, 5) is 2.59. The molecule has 31 heavy (non-hydrogen) atoms. The van der Waals surface area contributed by atoms with Crippen LogP contribution in [0.1, 0.15) is 63.9 Å². The molecule has 2 aliphatic rings. The van der Waals surface area contributed by atoms with Crippen molar-refractivity contribution in [1.82, 2.24) is 9.21 Å². The van der Waals surface area contributed by atoms with Gasteiger partial charge in [-0.1, -0.05) is 22.9 Å². The Hall–Kier alpha value is -0.500. The third-order valence-electron chi connectivity index (χ3n) is 7.27. The minimum atomic E-state index is -3.09. The van der Waals surface area contributed by atoms with Crippen LogP contribution in [0.15, 0.2) is 22.7 Å². The Morgan fingerprint density at radius 3 is 2.39 bits per heavy atom. The quantitative estimate of drug-likeness (QED) is 0.437. The summed E-state index contributed by atoms with van der Waals surface area (Å²) in [6, 6.07) is 5.19. The highest BCUT2D eigenvalue weighted by Crippen LogP contribution is 2.32. The zero-order valence-electron chi connectivity index (χ0n) is 19.0. The second-order valence-electron chi connectivity index (χ2n) is 9.51. The maximum Gasteiger partial charge on any atom is 0.211 e. The van der Waals surface area contributed by atoms with Crippen LogP contribution in [0, 0.1) is 17.7 Å². The molecule has 1 aliphatic heterocycles. The Bertz CT molecular complexity index is 804. The topological polar surface area (TPSA) is 40.6 Å². The number of likely N-dealkylation sites (tertiary alicyclic amines) is 1. The SMILES string of the molecule is CCN([C@H]1CC[C@H](CCCN2CCC(Cc3cc(F)ccc3Br)CC2)CC1)S(C)(=O)=O. The van der Waals surface area contributed by atoms with Crippen LogP contribution in [-0.4, -0.2) is 56.1 Å². The van der Waals surface area contributed by atoms with Crippen LogP contribution in [0.3, 0.4) is 0 Å². The van der Waals surface area contributed by atoms with E-state index < -0.39 is 10.0 Å². The van der Waals surface area contributed by atoms with Gasteiger partial charge in [0.1, 0.15) is 5.82 Å². The molecule has 1 aromatic rings. The van der Waals surface area contributed by atoms with Gasteiger partial charge in [-0.05, 0) is 113 Å². The molecule has 176 valence electrons. The first-order valence-electron chi connectivity index (χ1n) is 11.9. The normalized spacial score (nSPS) is 24.0. The molecule has 1 aromatic carbocycles. The number of piperidine rings is 1. The van der Waals surface area contributed by atoms with E-state index >= 15 is 0 Å². The van der Waals surface area contributed by atoms with Crippen LogP contribution >= 0.6 is 15.9 Å². The zero-order chi connectivity index (χ0) is 22.4. The van der Waals surface area contributed by atoms with Gasteiger partial charge in [-0.2, -0.15) is 4.31 Å². The molecule has 0 N–H and O–H groups in total. The fraction of sp³-hybridized carbons (Fsp3) is 0.750. The fourth-order valence-corrected chi connectivity index (χ4v) is 7.14. The summed E-state index contributed by atoms with van der Waals surface area (Å²) in [5.74, 6) is 1.24. The lowest BCUT2D eigenvalue weighted by atomic mass is 9.83. The summed E-state index contributed by atoms with van der Waals surface area (Å²) in [7, 11) is -3.09. The summed E-state index contributed by atoms with van der Waals surface area (Å²) in [5.41, 5.74) is 1.09. The van der Waals surface area contributed by atoms with E-state index in [1.165, 1.54) is 44.6 Å². The minimum Gasteiger partial charge on any atom is -0.303 e. The number of hydrogen-bond acceptors (Lipinski definition) is 3. The van der Waals surface area contributed by atoms with Gasteiger partial charge in [0, 0.05) is 17.1 Å². The third-order valence-corrected chi connectivity index (χ3v) is 9.45. The van der Waals surface area contributed by atoms with Gasteiger partial charge in [0.25, 0.3) is 0 Å². The second kappa shape index (κ2) is 11.6. The van der Waals surface area contributed by atoms with Gasteiger partial charge >= 0.3 is 0 Å². The van der Waals surface area contributed by atoms with Crippen molar-refractivity contribution in [3.8, 4) is 0 Å². The Morgan fingerprint density at radius 1 is 1.10 bits per heavy atom. The third kappa shape index (κ3) is 7.51. The summed E-state index contributed by atoms with van der Waals surface area (Å²) in [5, 5.41) is 0. The number of nitrogens with zero attached hydrogens (tertiary/aromatic N) is 2. The van der Waals surface area contributed by atoms with Gasteiger partial charge in [-0.25, -0.2) is 12.8 Å². The largest absolute Gasteiger partial charge is 0.303 e. The smallest absolute Gasteiger partial charge is 0.211 e. The molecule has 2 fully saturated rings. The molecule has 0 radical (unpaired) electrons. The van der Waals surface area contributed by atoms with E-state index in [2.05, 4.69) is 20.8 Å². The Balaban J connectivity index is 1.32. The molecule has 0 atom stereocenters. The van der Waals surface area contributed by atoms with E-state index in [1.807, 2.05) is 13.0 Å². The molecule has 1 aliphatic carbocycles. The van der Waals surface area contributed by atoms with Gasteiger partial charge in [-0.3, -0.25) is 0 Å². The average Bonchev–Trinajstić information content (AvgIpc) is 2.73. The molecule has 0 spiro atoms. The number of sulfonamides is 1. The van der Waals surface area contributed by atoms with Crippen molar-refractivity contribution in [1.29, 1.82) is 0 Å². The molecule has 0 aromatic heterocycles. The highest BCUT2D eigenvalue weighted by atomic mass is 79.9. The molecule has 4 nitrogen and oxygen atoms in total. The van der Waals surface area contributed by atoms with Crippen molar-refractivity contribution in [3.63, 3.8) is 0 Å². The predicted molar refractivity (Wildman–Crippen MR) is 129 cm³/mol. The maximum atomic E-state index is 13.5. The second-order valence-corrected chi connectivity index (χ2v) is 12.3. The van der Waals surface area contributed by atoms with Crippen LogP contribution in [0.5, 0.6) is 0 Å². The van der Waals surface area contributed by atoms with E-state index in [-0.39, 0.29) is 11.9 Å². The van der Waals surface area contributed by atoms with Crippen molar-refractivity contribution >= 4 is 26.0 Å². The summed E-state index contributed by atoms with van der Waals surface area (Å²) in [6.07, 6.45) is 11.5. The van der Waals surface area contributed by atoms with Crippen LogP contribution in [0.2, 0.25) is 0 Å². The molecule has 1 saturated heterocycles. The first kappa shape index (κ1) is 25.1. The molecule has 0 amide bonds. The van der Waals surface area contributed by atoms with E-state index in [9.17, 15) is 12.8 Å². The van der Waals surface area contributed by atoms with Crippen LogP contribution in [0.4, 0.5) is 4.39 Å². The van der Waals surface area contributed by atoms with Gasteiger partial charge < -0.3 is 4.90 Å². The molecule has 7 heteroatoms. The van der Waals surface area contributed by atoms with Gasteiger partial charge in [0.05, 0.1) is 6.26 Å². The fourth-order valence-electron chi connectivity index (χ4n) is 5.51. The molecule has 1 heterocycles. The first-order valence-corrected chi connectivity index (χ1v) is 14.5. The minimum absolute atomic E-state index is 0.150. The predicted octanol–water partition coefficient (Wildman–Crippen LogP) is 5.46. The highest BCUT2D eigenvalue weighted by molar-refractivity contribution is 9.10. The van der Waals surface area contributed by atoms with Crippen LogP contribution in [-0.2, 0) is 16.4 Å². The number of halogens is 2. The summed E-state index contributed by atoms with van der Waals surface area (Å²) in [6.45, 7) is 5.97. The van der Waals surface area contributed by atoms with Gasteiger partial charge in [-0.15, -0.1) is 0 Å². The zero-order valence-corrected chi connectivity index (χ0v) is 21.4. The molecular formula is C24H38BrFN2O2S. The lowest BCUT2D eigenvalue weighted by molar-refractivity contribution is 0.169. The maximum absolute atomic E-state index is 13.5. The lowest BCUT2D eigenvalue weighted by Crippen LogP contribution is -2.41. The first-order chi connectivity index (χ1) is 14.8. The van der Waals surface area contributed by atoms with E-state index in [1.54, 1.807) is 10.4 Å². The Kier molecular flexibility index (Phi) is 9.38. The summed E-state index contributed by atoms with van der Waals surface area (Å²) >= 11 is 3.56. The van der Waals surface area contributed by atoms with E-state index in [4.69, 9.17) is 0 Å². The van der Waals surface area contributed by atoms with E-state index in [0.717, 1.165) is 61.1 Å². The standard InChI is InChI=1S/C24H38BrFN2O2S/c1-3-28(31(2,29)30)23-9-6-19(7-10-23)5-4-14-27-15-12-20(13-16-27)17-21-18-22(26)8-11-24(21)25/h8,11,18-20,23H,3-7,9-10,12-17H2,1-2H3/t19-,23-. The lowest BCUT2D eigenvalue weighted by Gasteiger charge is -2.35. The van der Waals surface area contributed by atoms with E-state index in [0.29, 0.717) is 12.5 Å². The van der Waals surface area contributed by atoms with Crippen molar-refractivity contribution in [3.05, 3.63) is 34.1 Å². The van der Waals surface area contributed by atoms with Crippen molar-refractivity contribution in [2.24, 2.45) is 11.8 Å². The van der Waals surface area contributed by atoms with Crippen molar-refractivity contribution in [2.45, 2.75) is 70.8 Å². The highest BCUT2D eigenvalue weighted by Gasteiger charge is 2.29. The summed E-state index contributed by atoms with van der Waals surface area (Å²) < 4.78 is 40.1. The number of benzene rings is 1. The van der Waals surface area contributed by atoms with Gasteiger partial charge in [0.2, 0.25) is 10.0 Å². The Morgan fingerprint density at radius 2 is 1.77 bits per heavy atom. The molecule has 0 bridgehead atoms. The number of hydrogen-bond donors (Lipinski definition) is 0.